The van der Waals surface area contributed by atoms with Gasteiger partial charge in [-0.1, -0.05) is 30.3 Å². The minimum Gasteiger partial charge on any atom is -0.492 e. The number of fused-ring (bicyclic) bond motifs is 2. The lowest BCUT2D eigenvalue weighted by Crippen LogP contribution is -2.16. The fourth-order valence-electron chi connectivity index (χ4n) is 3.19. The SMILES string of the molecule is c1cn2cc(-c3ccc(-c4ccc5c(c4)CNCCO5)cc3)nc2s1. The number of nitrogens with one attached hydrogen (secondary N) is 1. The van der Waals surface area contributed by atoms with Crippen LogP contribution < -0.4 is 10.1 Å². The number of aromatic nitrogens is 2. The molecule has 25 heavy (non-hydrogen) atoms. The van der Waals surface area contributed by atoms with Gasteiger partial charge in [0.25, 0.3) is 0 Å². The molecule has 4 nitrogen and oxygen atoms in total. The van der Waals surface area contributed by atoms with Crippen LogP contribution in [0.2, 0.25) is 0 Å². The van der Waals surface area contributed by atoms with Gasteiger partial charge in [0.1, 0.15) is 12.4 Å². The van der Waals surface area contributed by atoms with Gasteiger partial charge in [0.15, 0.2) is 4.96 Å². The highest BCUT2D eigenvalue weighted by atomic mass is 32.1. The fraction of sp³-hybridized carbons (Fsp3) is 0.150. The predicted octanol–water partition coefficient (Wildman–Crippen LogP) is 4.21. The molecular formula is C20H17N3OS. The molecule has 0 amide bonds. The van der Waals surface area contributed by atoms with Crippen molar-refractivity contribution in [2.75, 3.05) is 13.2 Å². The average Bonchev–Trinajstić information content (AvgIpc) is 3.17. The molecule has 0 atom stereocenters. The van der Waals surface area contributed by atoms with Gasteiger partial charge < -0.3 is 10.1 Å². The van der Waals surface area contributed by atoms with E-state index in [2.05, 4.69) is 63.4 Å². The van der Waals surface area contributed by atoms with Crippen LogP contribution in [0, 0.1) is 0 Å². The summed E-state index contributed by atoms with van der Waals surface area (Å²) < 4.78 is 7.83. The summed E-state index contributed by atoms with van der Waals surface area (Å²) in [7, 11) is 0. The van der Waals surface area contributed by atoms with Crippen molar-refractivity contribution in [2.24, 2.45) is 0 Å². The summed E-state index contributed by atoms with van der Waals surface area (Å²) in [6.07, 6.45) is 4.11. The first-order chi connectivity index (χ1) is 12.4. The summed E-state index contributed by atoms with van der Waals surface area (Å²) >= 11 is 1.65. The van der Waals surface area contributed by atoms with E-state index in [-0.39, 0.29) is 0 Å². The van der Waals surface area contributed by atoms with E-state index in [0.29, 0.717) is 0 Å². The zero-order chi connectivity index (χ0) is 16.6. The molecule has 0 bridgehead atoms. The molecule has 2 aromatic heterocycles. The van der Waals surface area contributed by atoms with E-state index in [9.17, 15) is 0 Å². The molecule has 1 aliphatic rings. The third-order valence-electron chi connectivity index (χ3n) is 4.52. The fourth-order valence-corrected chi connectivity index (χ4v) is 3.89. The topological polar surface area (TPSA) is 38.6 Å². The molecule has 0 saturated heterocycles. The molecule has 5 heteroatoms. The second kappa shape index (κ2) is 6.02. The second-order valence-electron chi connectivity index (χ2n) is 6.14. The molecule has 0 spiro atoms. The van der Waals surface area contributed by atoms with E-state index in [0.717, 1.165) is 41.7 Å². The lowest BCUT2D eigenvalue weighted by Gasteiger charge is -2.09. The summed E-state index contributed by atoms with van der Waals surface area (Å²) in [4.78, 5) is 5.70. The number of hydrogen-bond acceptors (Lipinski definition) is 4. The minimum absolute atomic E-state index is 0.725. The van der Waals surface area contributed by atoms with Crippen molar-refractivity contribution in [3.63, 3.8) is 0 Å². The molecule has 1 N–H and O–H groups in total. The van der Waals surface area contributed by atoms with Gasteiger partial charge in [-0.05, 0) is 23.3 Å². The third-order valence-corrected chi connectivity index (χ3v) is 5.29. The van der Waals surface area contributed by atoms with Crippen molar-refractivity contribution in [2.45, 2.75) is 6.54 Å². The van der Waals surface area contributed by atoms with Crippen molar-refractivity contribution in [3.8, 4) is 28.1 Å². The Hall–Kier alpha value is -2.63. The van der Waals surface area contributed by atoms with Gasteiger partial charge in [-0.3, -0.25) is 4.40 Å². The van der Waals surface area contributed by atoms with E-state index in [1.807, 2.05) is 11.6 Å². The lowest BCUT2D eigenvalue weighted by molar-refractivity contribution is 0.326. The van der Waals surface area contributed by atoms with E-state index < -0.39 is 0 Å². The molecular weight excluding hydrogens is 330 g/mol. The monoisotopic (exact) mass is 347 g/mol. The Morgan fingerprint density at radius 3 is 2.76 bits per heavy atom. The van der Waals surface area contributed by atoms with Gasteiger partial charge in [0, 0.05) is 42.0 Å². The molecule has 5 rings (SSSR count). The number of thiazole rings is 1. The molecule has 0 fully saturated rings. The number of ether oxygens (including phenoxy) is 1. The molecule has 1 aliphatic heterocycles. The number of nitrogens with zero attached hydrogens (tertiary/aromatic N) is 2. The van der Waals surface area contributed by atoms with Gasteiger partial charge in [0.05, 0.1) is 5.69 Å². The smallest absolute Gasteiger partial charge is 0.194 e. The van der Waals surface area contributed by atoms with Gasteiger partial charge in [-0.2, -0.15) is 0 Å². The predicted molar refractivity (Wildman–Crippen MR) is 101 cm³/mol. The summed E-state index contributed by atoms with van der Waals surface area (Å²) in [5.74, 6) is 0.989. The first kappa shape index (κ1) is 14.7. The summed E-state index contributed by atoms with van der Waals surface area (Å²) in [5, 5.41) is 5.44. The van der Waals surface area contributed by atoms with E-state index in [4.69, 9.17) is 4.74 Å². The van der Waals surface area contributed by atoms with Gasteiger partial charge >= 0.3 is 0 Å². The van der Waals surface area contributed by atoms with E-state index in [1.54, 1.807) is 11.3 Å². The highest BCUT2D eigenvalue weighted by Gasteiger charge is 2.10. The molecule has 124 valence electrons. The third kappa shape index (κ3) is 2.71. The first-order valence-electron chi connectivity index (χ1n) is 8.36. The maximum Gasteiger partial charge on any atom is 0.194 e. The Balaban J connectivity index is 1.47. The second-order valence-corrected chi connectivity index (χ2v) is 7.02. The largest absolute Gasteiger partial charge is 0.492 e. The van der Waals surface area contributed by atoms with Crippen LogP contribution in [-0.4, -0.2) is 22.5 Å². The van der Waals surface area contributed by atoms with Crippen LogP contribution in [-0.2, 0) is 6.54 Å². The van der Waals surface area contributed by atoms with Crippen LogP contribution in [0.5, 0.6) is 5.75 Å². The first-order valence-corrected chi connectivity index (χ1v) is 9.24. The van der Waals surface area contributed by atoms with Crippen LogP contribution in [0.3, 0.4) is 0 Å². The Bertz CT molecular complexity index is 1000. The summed E-state index contributed by atoms with van der Waals surface area (Å²) in [6.45, 7) is 2.47. The van der Waals surface area contributed by atoms with Crippen molar-refractivity contribution in [1.29, 1.82) is 0 Å². The van der Waals surface area contributed by atoms with E-state index in [1.165, 1.54) is 16.7 Å². The lowest BCUT2D eigenvalue weighted by atomic mass is 10.0. The van der Waals surface area contributed by atoms with Crippen molar-refractivity contribution in [1.82, 2.24) is 14.7 Å². The molecule has 0 saturated carbocycles. The van der Waals surface area contributed by atoms with Crippen LogP contribution in [0.15, 0.2) is 60.2 Å². The van der Waals surface area contributed by atoms with Crippen LogP contribution in [0.1, 0.15) is 5.56 Å². The molecule has 3 heterocycles. The quantitative estimate of drug-likeness (QED) is 0.590. The van der Waals surface area contributed by atoms with Crippen molar-refractivity contribution in [3.05, 3.63) is 65.8 Å². The van der Waals surface area contributed by atoms with Crippen molar-refractivity contribution < 1.29 is 4.74 Å². The van der Waals surface area contributed by atoms with Crippen LogP contribution in [0.25, 0.3) is 27.3 Å². The highest BCUT2D eigenvalue weighted by Crippen LogP contribution is 2.29. The molecule has 0 unspecified atom stereocenters. The minimum atomic E-state index is 0.725. The maximum atomic E-state index is 5.77. The normalized spacial score (nSPS) is 14.1. The maximum absolute atomic E-state index is 5.77. The van der Waals surface area contributed by atoms with Gasteiger partial charge in [0.2, 0.25) is 0 Å². The Morgan fingerprint density at radius 1 is 1.04 bits per heavy atom. The van der Waals surface area contributed by atoms with Gasteiger partial charge in [-0.15, -0.1) is 11.3 Å². The number of benzene rings is 2. The number of rotatable bonds is 2. The Morgan fingerprint density at radius 2 is 1.88 bits per heavy atom. The summed E-state index contributed by atoms with van der Waals surface area (Å²) in [5.41, 5.74) is 5.78. The standard InChI is InChI=1S/C20H17N3OS/c1-3-15(18-13-23-8-10-25-20(23)22-18)4-2-14(1)16-5-6-19-17(11-16)12-21-7-9-24-19/h1-6,8,10-11,13,21H,7,9,12H2. The molecule has 0 radical (unpaired) electrons. The van der Waals surface area contributed by atoms with E-state index >= 15 is 0 Å². The zero-order valence-corrected chi connectivity index (χ0v) is 14.4. The van der Waals surface area contributed by atoms with Crippen LogP contribution >= 0.6 is 11.3 Å². The number of hydrogen-bond donors (Lipinski definition) is 1. The highest BCUT2D eigenvalue weighted by molar-refractivity contribution is 7.15. The molecule has 2 aromatic carbocycles. The molecule has 4 aromatic rings. The average molecular weight is 347 g/mol. The van der Waals surface area contributed by atoms with Gasteiger partial charge in [-0.25, -0.2) is 4.98 Å². The Kier molecular flexibility index (Phi) is 3.54. The molecule has 0 aliphatic carbocycles. The van der Waals surface area contributed by atoms with Crippen molar-refractivity contribution >= 4 is 16.3 Å². The zero-order valence-electron chi connectivity index (χ0n) is 13.6. The summed E-state index contributed by atoms with van der Waals surface area (Å²) in [6, 6.07) is 15.0. The Labute approximate surface area is 149 Å². The number of imidazole rings is 1. The van der Waals surface area contributed by atoms with Crippen LogP contribution in [0.4, 0.5) is 0 Å².